The number of nitrogens with one attached hydrogen (secondary N) is 1. The maximum absolute atomic E-state index is 14.3. The summed E-state index contributed by atoms with van der Waals surface area (Å²) in [7, 11) is 1.94. The van der Waals surface area contributed by atoms with Crippen LogP contribution in [-0.2, 0) is 9.53 Å². The Hall–Kier alpha value is -2.46. The summed E-state index contributed by atoms with van der Waals surface area (Å²) >= 11 is 6.19. The van der Waals surface area contributed by atoms with E-state index in [0.29, 0.717) is 26.2 Å². The zero-order chi connectivity index (χ0) is 23.5. The lowest BCUT2D eigenvalue weighted by molar-refractivity contribution is -0.387. The molecule has 1 aromatic carbocycles. The third kappa shape index (κ3) is 6.51. The van der Waals surface area contributed by atoms with Crippen LogP contribution >= 0.6 is 11.6 Å². The number of alkyl carbamates (subject to hydrolysis) is 1. The molecule has 1 aliphatic rings. The molecule has 0 aromatic heterocycles. The number of carbonyl (C=O) groups excluding carboxylic acids is 2. The van der Waals surface area contributed by atoms with Gasteiger partial charge in [-0.15, -0.1) is 0 Å². The predicted molar refractivity (Wildman–Crippen MR) is 114 cm³/mol. The van der Waals surface area contributed by atoms with Gasteiger partial charge in [-0.05, 0) is 39.4 Å². The normalized spacial score (nSPS) is 17.1. The molecule has 1 saturated heterocycles. The SMILES string of the molecule is C[C@@H](c1cc(F)c([N+](=O)[O-])cc1Cl)[C@@H](NC(=O)OC(C)(C)C)C(=O)N1CCN(C)CC1. The minimum Gasteiger partial charge on any atom is -0.444 e. The van der Waals surface area contributed by atoms with Gasteiger partial charge >= 0.3 is 11.8 Å². The molecule has 1 aromatic rings. The Morgan fingerprint density at radius 2 is 1.84 bits per heavy atom. The van der Waals surface area contributed by atoms with Gasteiger partial charge < -0.3 is 19.9 Å². The lowest BCUT2D eigenvalue weighted by Crippen LogP contribution is -2.56. The summed E-state index contributed by atoms with van der Waals surface area (Å²) in [5.41, 5.74) is -1.37. The van der Waals surface area contributed by atoms with Crippen molar-refractivity contribution in [2.24, 2.45) is 0 Å². The molecule has 172 valence electrons. The van der Waals surface area contributed by atoms with E-state index in [0.717, 1.165) is 12.1 Å². The van der Waals surface area contributed by atoms with E-state index in [1.54, 1.807) is 32.6 Å². The quantitative estimate of drug-likeness (QED) is 0.536. The highest BCUT2D eigenvalue weighted by molar-refractivity contribution is 6.31. The molecule has 1 N–H and O–H groups in total. The van der Waals surface area contributed by atoms with Crippen molar-refractivity contribution in [1.29, 1.82) is 0 Å². The molecule has 1 fully saturated rings. The number of halogens is 2. The van der Waals surface area contributed by atoms with Crippen molar-refractivity contribution in [3.8, 4) is 0 Å². The molecular weight excluding hydrogens is 431 g/mol. The number of hydrogen-bond acceptors (Lipinski definition) is 6. The molecule has 1 aliphatic heterocycles. The van der Waals surface area contributed by atoms with Gasteiger partial charge in [0.15, 0.2) is 0 Å². The number of piperazine rings is 1. The maximum atomic E-state index is 14.3. The Morgan fingerprint density at radius 3 is 2.35 bits per heavy atom. The Balaban J connectivity index is 2.36. The van der Waals surface area contributed by atoms with E-state index < -0.39 is 40.1 Å². The molecule has 2 amide bonds. The first kappa shape index (κ1) is 24.8. The smallest absolute Gasteiger partial charge is 0.408 e. The summed E-state index contributed by atoms with van der Waals surface area (Å²) in [5, 5.41) is 13.5. The van der Waals surface area contributed by atoms with E-state index >= 15 is 0 Å². The lowest BCUT2D eigenvalue weighted by atomic mass is 9.91. The number of nitrogens with zero attached hydrogens (tertiary/aromatic N) is 3. The number of nitro groups is 1. The second kappa shape index (κ2) is 9.78. The van der Waals surface area contributed by atoms with E-state index in [-0.39, 0.29) is 16.5 Å². The molecule has 9 nitrogen and oxygen atoms in total. The number of likely N-dealkylation sites (N-methyl/N-ethyl adjacent to an activating group) is 1. The van der Waals surface area contributed by atoms with Gasteiger partial charge in [0, 0.05) is 38.2 Å². The van der Waals surface area contributed by atoms with Crippen molar-refractivity contribution in [3.63, 3.8) is 0 Å². The van der Waals surface area contributed by atoms with Crippen molar-refractivity contribution < 1.29 is 23.6 Å². The van der Waals surface area contributed by atoms with Crippen molar-refractivity contribution in [3.05, 3.63) is 38.7 Å². The van der Waals surface area contributed by atoms with E-state index in [1.165, 1.54) is 0 Å². The van der Waals surface area contributed by atoms with Gasteiger partial charge in [-0.25, -0.2) is 4.79 Å². The number of ether oxygens (including phenoxy) is 1. The molecule has 0 radical (unpaired) electrons. The second-order valence-corrected chi connectivity index (χ2v) is 9.03. The fourth-order valence-corrected chi connectivity index (χ4v) is 3.61. The van der Waals surface area contributed by atoms with Crippen LogP contribution in [0.25, 0.3) is 0 Å². The summed E-state index contributed by atoms with van der Waals surface area (Å²) < 4.78 is 19.6. The van der Waals surface area contributed by atoms with E-state index in [2.05, 4.69) is 10.2 Å². The Kier molecular flexibility index (Phi) is 7.82. The van der Waals surface area contributed by atoms with Crippen LogP contribution in [0.1, 0.15) is 39.2 Å². The standard InChI is InChI=1S/C20H28ClFN4O5/c1-12(13-10-15(22)16(26(29)30)11-14(13)21)17(23-19(28)31-20(2,3)4)18(27)25-8-6-24(5)7-9-25/h10-12,17H,6-9H2,1-5H3,(H,23,28)/t12-,17+/m0/s1. The first-order chi connectivity index (χ1) is 14.3. The molecule has 0 bridgehead atoms. The Morgan fingerprint density at radius 1 is 1.26 bits per heavy atom. The fourth-order valence-electron chi connectivity index (χ4n) is 3.28. The van der Waals surface area contributed by atoms with Crippen LogP contribution in [0, 0.1) is 15.9 Å². The van der Waals surface area contributed by atoms with E-state index in [9.17, 15) is 24.1 Å². The van der Waals surface area contributed by atoms with Crippen LogP contribution in [0.3, 0.4) is 0 Å². The van der Waals surface area contributed by atoms with Crippen LogP contribution in [0.2, 0.25) is 5.02 Å². The molecule has 2 atom stereocenters. The van der Waals surface area contributed by atoms with Gasteiger partial charge in [-0.2, -0.15) is 4.39 Å². The predicted octanol–water partition coefficient (Wildman–Crippen LogP) is 3.16. The zero-order valence-corrected chi connectivity index (χ0v) is 19.0. The number of benzene rings is 1. The Bertz CT molecular complexity index is 853. The Labute approximate surface area is 185 Å². The van der Waals surface area contributed by atoms with Crippen molar-refractivity contribution in [2.45, 2.75) is 45.3 Å². The fraction of sp³-hybridized carbons (Fsp3) is 0.600. The first-order valence-electron chi connectivity index (χ1n) is 9.90. The highest BCUT2D eigenvalue weighted by atomic mass is 35.5. The molecule has 0 spiro atoms. The monoisotopic (exact) mass is 458 g/mol. The van der Waals surface area contributed by atoms with Gasteiger partial charge in [0.25, 0.3) is 0 Å². The van der Waals surface area contributed by atoms with Crippen LogP contribution < -0.4 is 5.32 Å². The molecule has 1 heterocycles. The molecule has 0 aliphatic carbocycles. The molecular formula is C20H28ClFN4O5. The minimum absolute atomic E-state index is 0.0669. The van der Waals surface area contributed by atoms with Crippen LogP contribution in [0.15, 0.2) is 12.1 Å². The minimum atomic E-state index is -1.10. The van der Waals surface area contributed by atoms with Gasteiger partial charge in [-0.3, -0.25) is 14.9 Å². The van der Waals surface area contributed by atoms with Gasteiger partial charge in [0.1, 0.15) is 11.6 Å². The van der Waals surface area contributed by atoms with Gasteiger partial charge in [0.2, 0.25) is 11.7 Å². The van der Waals surface area contributed by atoms with Crippen LogP contribution in [0.4, 0.5) is 14.9 Å². The summed E-state index contributed by atoms with van der Waals surface area (Å²) in [6, 6.07) is 0.747. The summed E-state index contributed by atoms with van der Waals surface area (Å²) in [5.74, 6) is -2.21. The highest BCUT2D eigenvalue weighted by Crippen LogP contribution is 2.33. The molecule has 2 rings (SSSR count). The van der Waals surface area contributed by atoms with E-state index in [1.807, 2.05) is 7.05 Å². The van der Waals surface area contributed by atoms with Crippen molar-refractivity contribution in [2.75, 3.05) is 33.2 Å². The number of hydrogen-bond donors (Lipinski definition) is 1. The van der Waals surface area contributed by atoms with Crippen LogP contribution in [0.5, 0.6) is 0 Å². The zero-order valence-electron chi connectivity index (χ0n) is 18.3. The van der Waals surface area contributed by atoms with E-state index in [4.69, 9.17) is 16.3 Å². The number of amides is 2. The molecule has 31 heavy (non-hydrogen) atoms. The maximum Gasteiger partial charge on any atom is 0.408 e. The largest absolute Gasteiger partial charge is 0.444 e. The van der Waals surface area contributed by atoms with Crippen LogP contribution in [-0.4, -0.2) is 71.6 Å². The molecule has 0 unspecified atom stereocenters. The summed E-state index contributed by atoms with van der Waals surface area (Å²) in [6.45, 7) is 8.95. The van der Waals surface area contributed by atoms with Crippen molar-refractivity contribution >= 4 is 29.3 Å². The lowest BCUT2D eigenvalue weighted by Gasteiger charge is -2.36. The van der Waals surface area contributed by atoms with Crippen molar-refractivity contribution in [1.82, 2.24) is 15.1 Å². The van der Waals surface area contributed by atoms with Gasteiger partial charge in [0.05, 0.1) is 9.95 Å². The second-order valence-electron chi connectivity index (χ2n) is 8.62. The molecule has 11 heteroatoms. The highest BCUT2D eigenvalue weighted by Gasteiger charge is 2.35. The third-order valence-electron chi connectivity index (χ3n) is 5.01. The summed E-state index contributed by atoms with van der Waals surface area (Å²) in [4.78, 5) is 39.5. The summed E-state index contributed by atoms with van der Waals surface area (Å²) in [6.07, 6.45) is -0.801. The third-order valence-corrected chi connectivity index (χ3v) is 5.33. The average Bonchev–Trinajstić information content (AvgIpc) is 2.65. The number of carbonyl (C=O) groups is 2. The average molecular weight is 459 g/mol. The topological polar surface area (TPSA) is 105 Å². The first-order valence-corrected chi connectivity index (χ1v) is 10.3. The number of rotatable bonds is 5. The van der Waals surface area contributed by atoms with Gasteiger partial charge in [-0.1, -0.05) is 18.5 Å². The number of nitro benzene ring substituents is 1. The molecule has 0 saturated carbocycles.